The molecule has 0 saturated heterocycles. The number of aromatic nitrogens is 1. The molecule has 0 aliphatic carbocycles. The molecule has 0 spiro atoms. The van der Waals surface area contributed by atoms with E-state index in [9.17, 15) is 0 Å². The summed E-state index contributed by atoms with van der Waals surface area (Å²) in [6.07, 6.45) is 1.58. The molecule has 88 valence electrons. The highest BCUT2D eigenvalue weighted by atomic mass is 35.5. The maximum absolute atomic E-state index is 5.82. The van der Waals surface area contributed by atoms with Crippen LogP contribution in [0.1, 0.15) is 18.7 Å². The van der Waals surface area contributed by atoms with Gasteiger partial charge in [0.05, 0.1) is 11.4 Å². The summed E-state index contributed by atoms with van der Waals surface area (Å²) >= 11 is 5.82. The Morgan fingerprint density at radius 1 is 1.29 bits per heavy atom. The molecular formula is C13H13ClN2O. The first kappa shape index (κ1) is 11.7. The molecule has 0 aliphatic rings. The van der Waals surface area contributed by atoms with Crippen molar-refractivity contribution in [2.45, 2.75) is 13.0 Å². The molecule has 1 atom stereocenters. The van der Waals surface area contributed by atoms with Gasteiger partial charge < -0.3 is 10.5 Å². The number of benzene rings is 1. The molecule has 0 radical (unpaired) electrons. The summed E-state index contributed by atoms with van der Waals surface area (Å²) in [5.74, 6) is 0.618. The van der Waals surface area contributed by atoms with Crippen molar-refractivity contribution in [1.29, 1.82) is 0 Å². The molecule has 0 amide bonds. The minimum absolute atomic E-state index is 0.153. The fraction of sp³-hybridized carbons (Fsp3) is 0.154. The number of hydrogen-bond donors (Lipinski definition) is 1. The van der Waals surface area contributed by atoms with Crippen molar-refractivity contribution in [2.75, 3.05) is 5.73 Å². The Labute approximate surface area is 105 Å². The maximum atomic E-state index is 5.82. The van der Waals surface area contributed by atoms with Gasteiger partial charge in [0.2, 0.25) is 0 Å². The molecule has 1 unspecified atom stereocenters. The van der Waals surface area contributed by atoms with Crippen LogP contribution >= 0.6 is 11.6 Å². The van der Waals surface area contributed by atoms with Crippen molar-refractivity contribution in [3.05, 3.63) is 53.3 Å². The predicted molar refractivity (Wildman–Crippen MR) is 69.1 cm³/mol. The lowest BCUT2D eigenvalue weighted by molar-refractivity contribution is 0.223. The Morgan fingerprint density at radius 2 is 2.12 bits per heavy atom. The molecule has 1 aromatic heterocycles. The highest BCUT2D eigenvalue weighted by molar-refractivity contribution is 6.30. The van der Waals surface area contributed by atoms with E-state index in [-0.39, 0.29) is 6.10 Å². The summed E-state index contributed by atoms with van der Waals surface area (Å²) in [4.78, 5) is 4.23. The number of anilines is 1. The fourth-order valence-corrected chi connectivity index (χ4v) is 1.67. The normalized spacial score (nSPS) is 12.1. The molecule has 2 N–H and O–H groups in total. The third-order valence-electron chi connectivity index (χ3n) is 2.38. The van der Waals surface area contributed by atoms with Crippen molar-refractivity contribution >= 4 is 17.3 Å². The zero-order valence-corrected chi connectivity index (χ0v) is 10.2. The van der Waals surface area contributed by atoms with Crippen LogP contribution in [0.3, 0.4) is 0 Å². The standard InChI is InChI=1S/C13H13ClN2O/c1-9(12-4-2-3-7-16-12)17-13-6-5-10(14)8-11(13)15/h2-9H,15H2,1H3. The summed E-state index contributed by atoms with van der Waals surface area (Å²) in [6.45, 7) is 1.93. The quantitative estimate of drug-likeness (QED) is 0.847. The van der Waals surface area contributed by atoms with Gasteiger partial charge in [0.25, 0.3) is 0 Å². The van der Waals surface area contributed by atoms with Gasteiger partial charge in [-0.25, -0.2) is 0 Å². The van der Waals surface area contributed by atoms with Crippen molar-refractivity contribution in [2.24, 2.45) is 0 Å². The highest BCUT2D eigenvalue weighted by Gasteiger charge is 2.10. The molecule has 4 heteroatoms. The number of nitrogens with zero attached hydrogens (tertiary/aromatic N) is 1. The van der Waals surface area contributed by atoms with Gasteiger partial charge >= 0.3 is 0 Å². The summed E-state index contributed by atoms with van der Waals surface area (Å²) in [5.41, 5.74) is 7.21. The minimum atomic E-state index is -0.153. The summed E-state index contributed by atoms with van der Waals surface area (Å²) in [5, 5.41) is 0.598. The van der Waals surface area contributed by atoms with Crippen molar-refractivity contribution < 1.29 is 4.74 Å². The van der Waals surface area contributed by atoms with Crippen LogP contribution in [0, 0.1) is 0 Å². The van der Waals surface area contributed by atoms with Crippen molar-refractivity contribution in [3.63, 3.8) is 0 Å². The van der Waals surface area contributed by atoms with E-state index in [1.54, 1.807) is 24.4 Å². The number of pyridine rings is 1. The molecule has 1 aromatic carbocycles. The number of halogens is 1. The number of ether oxygens (including phenoxy) is 1. The van der Waals surface area contributed by atoms with Crippen LogP contribution in [-0.2, 0) is 0 Å². The van der Waals surface area contributed by atoms with Crippen LogP contribution in [0.2, 0.25) is 5.02 Å². The monoisotopic (exact) mass is 248 g/mol. The first-order valence-corrected chi connectivity index (χ1v) is 5.67. The van der Waals surface area contributed by atoms with E-state index < -0.39 is 0 Å². The fourth-order valence-electron chi connectivity index (χ4n) is 1.49. The lowest BCUT2D eigenvalue weighted by atomic mass is 10.2. The molecule has 0 bridgehead atoms. The smallest absolute Gasteiger partial charge is 0.143 e. The van der Waals surface area contributed by atoms with Crippen LogP contribution in [0.4, 0.5) is 5.69 Å². The van der Waals surface area contributed by atoms with Gasteiger partial charge in [0.15, 0.2) is 0 Å². The van der Waals surface area contributed by atoms with E-state index in [0.29, 0.717) is 16.5 Å². The van der Waals surface area contributed by atoms with Crippen molar-refractivity contribution in [1.82, 2.24) is 4.98 Å². The average molecular weight is 249 g/mol. The second-order valence-electron chi connectivity index (χ2n) is 3.70. The van der Waals surface area contributed by atoms with Gasteiger partial charge in [-0.05, 0) is 37.3 Å². The zero-order chi connectivity index (χ0) is 12.3. The van der Waals surface area contributed by atoms with Gasteiger partial charge in [-0.2, -0.15) is 0 Å². The van der Waals surface area contributed by atoms with Gasteiger partial charge in [-0.15, -0.1) is 0 Å². The third-order valence-corrected chi connectivity index (χ3v) is 2.61. The van der Waals surface area contributed by atoms with Gasteiger partial charge in [0, 0.05) is 11.2 Å². The SMILES string of the molecule is CC(Oc1ccc(Cl)cc1N)c1ccccn1. The topological polar surface area (TPSA) is 48.1 Å². The van der Waals surface area contributed by atoms with E-state index in [4.69, 9.17) is 22.1 Å². The summed E-state index contributed by atoms with van der Waals surface area (Å²) in [6, 6.07) is 10.9. The predicted octanol–water partition coefficient (Wildman–Crippen LogP) is 3.46. The van der Waals surface area contributed by atoms with Crippen LogP contribution in [0.5, 0.6) is 5.75 Å². The van der Waals surface area contributed by atoms with Crippen molar-refractivity contribution in [3.8, 4) is 5.75 Å². The molecular weight excluding hydrogens is 236 g/mol. The number of nitrogen functional groups attached to an aromatic ring is 1. The Morgan fingerprint density at radius 3 is 2.76 bits per heavy atom. The van der Waals surface area contributed by atoms with Crippen LogP contribution < -0.4 is 10.5 Å². The Kier molecular flexibility index (Phi) is 3.49. The average Bonchev–Trinajstić information content (AvgIpc) is 2.34. The van der Waals surface area contributed by atoms with Crippen LogP contribution in [0.25, 0.3) is 0 Å². The molecule has 17 heavy (non-hydrogen) atoms. The molecule has 0 aliphatic heterocycles. The second kappa shape index (κ2) is 5.06. The first-order valence-electron chi connectivity index (χ1n) is 5.29. The van der Waals surface area contributed by atoms with Crippen LogP contribution in [0.15, 0.2) is 42.6 Å². The van der Waals surface area contributed by atoms with E-state index in [1.165, 1.54) is 0 Å². The molecule has 0 saturated carbocycles. The number of hydrogen-bond acceptors (Lipinski definition) is 3. The van der Waals surface area contributed by atoms with E-state index in [1.807, 2.05) is 25.1 Å². The van der Waals surface area contributed by atoms with E-state index in [0.717, 1.165) is 5.69 Å². The molecule has 1 heterocycles. The molecule has 2 aromatic rings. The van der Waals surface area contributed by atoms with Gasteiger partial charge in [0.1, 0.15) is 11.9 Å². The van der Waals surface area contributed by atoms with E-state index >= 15 is 0 Å². The lowest BCUT2D eigenvalue weighted by Gasteiger charge is -2.15. The third kappa shape index (κ3) is 2.88. The lowest BCUT2D eigenvalue weighted by Crippen LogP contribution is -2.06. The van der Waals surface area contributed by atoms with E-state index in [2.05, 4.69) is 4.98 Å². The van der Waals surface area contributed by atoms with Crippen LogP contribution in [-0.4, -0.2) is 4.98 Å². The Balaban J connectivity index is 2.16. The molecule has 3 nitrogen and oxygen atoms in total. The maximum Gasteiger partial charge on any atom is 0.143 e. The minimum Gasteiger partial charge on any atom is -0.482 e. The van der Waals surface area contributed by atoms with Gasteiger partial charge in [-0.3, -0.25) is 4.98 Å². The summed E-state index contributed by atoms with van der Waals surface area (Å²) in [7, 11) is 0. The number of rotatable bonds is 3. The number of nitrogens with two attached hydrogens (primary N) is 1. The zero-order valence-electron chi connectivity index (χ0n) is 9.43. The second-order valence-corrected chi connectivity index (χ2v) is 4.13. The first-order chi connectivity index (χ1) is 8.16. The Hall–Kier alpha value is -1.74. The summed E-state index contributed by atoms with van der Waals surface area (Å²) < 4.78 is 5.74. The molecule has 2 rings (SSSR count). The largest absolute Gasteiger partial charge is 0.482 e. The highest BCUT2D eigenvalue weighted by Crippen LogP contribution is 2.28. The molecule has 0 fully saturated rings. The van der Waals surface area contributed by atoms with Gasteiger partial charge in [-0.1, -0.05) is 17.7 Å². The Bertz CT molecular complexity index is 502.